The van der Waals surface area contributed by atoms with Crippen molar-refractivity contribution in [2.24, 2.45) is 0 Å². The number of aromatic nitrogens is 1. The molecule has 1 aliphatic rings. The highest BCUT2D eigenvalue weighted by atomic mass is 15.3. The number of nitrogens with zero attached hydrogens (tertiary/aromatic N) is 3. The fraction of sp³-hybridized carbons (Fsp3) is 0.310. The van der Waals surface area contributed by atoms with Gasteiger partial charge >= 0.3 is 0 Å². The molecular formula is C29H33N3. The summed E-state index contributed by atoms with van der Waals surface area (Å²) in [5.74, 6) is 0. The van der Waals surface area contributed by atoms with Crippen molar-refractivity contribution in [2.45, 2.75) is 19.4 Å². The van der Waals surface area contributed by atoms with Crippen LogP contribution in [0.2, 0.25) is 0 Å². The molecule has 0 bridgehead atoms. The molecule has 0 atom stereocenters. The molecule has 164 valence electrons. The average Bonchev–Trinajstić information content (AvgIpc) is 3.17. The van der Waals surface area contributed by atoms with Crippen LogP contribution in [0.3, 0.4) is 0 Å². The molecule has 4 aromatic rings. The van der Waals surface area contributed by atoms with Gasteiger partial charge in [0.25, 0.3) is 0 Å². The van der Waals surface area contributed by atoms with E-state index in [2.05, 4.69) is 105 Å². The van der Waals surface area contributed by atoms with Gasteiger partial charge in [-0.05, 0) is 37.1 Å². The van der Waals surface area contributed by atoms with Crippen LogP contribution >= 0.6 is 0 Å². The molecule has 1 aromatic heterocycles. The van der Waals surface area contributed by atoms with E-state index >= 15 is 0 Å². The van der Waals surface area contributed by atoms with Crippen LogP contribution in [0.5, 0.6) is 0 Å². The van der Waals surface area contributed by atoms with E-state index < -0.39 is 0 Å². The summed E-state index contributed by atoms with van der Waals surface area (Å²) in [7, 11) is 0. The zero-order valence-electron chi connectivity index (χ0n) is 18.9. The van der Waals surface area contributed by atoms with Crippen molar-refractivity contribution >= 4 is 27.9 Å². The molecule has 1 fully saturated rings. The lowest BCUT2D eigenvalue weighted by Gasteiger charge is -2.34. The van der Waals surface area contributed by atoms with Crippen molar-refractivity contribution in [2.75, 3.05) is 39.3 Å². The third-order valence-corrected chi connectivity index (χ3v) is 6.72. The first-order chi connectivity index (χ1) is 15.9. The zero-order valence-corrected chi connectivity index (χ0v) is 18.9. The number of benzene rings is 3. The van der Waals surface area contributed by atoms with Gasteiger partial charge in [0.15, 0.2) is 0 Å². The van der Waals surface area contributed by atoms with E-state index in [0.29, 0.717) is 0 Å². The summed E-state index contributed by atoms with van der Waals surface area (Å²) >= 11 is 0. The highest BCUT2D eigenvalue weighted by Crippen LogP contribution is 2.29. The molecule has 0 N–H and O–H groups in total. The summed E-state index contributed by atoms with van der Waals surface area (Å²) in [5, 5.41) is 2.75. The predicted molar refractivity (Wildman–Crippen MR) is 137 cm³/mol. The molecule has 32 heavy (non-hydrogen) atoms. The Labute approximate surface area is 191 Å². The van der Waals surface area contributed by atoms with Crippen LogP contribution in [0.15, 0.2) is 84.9 Å². The lowest BCUT2D eigenvalue weighted by Crippen LogP contribution is -2.46. The third kappa shape index (κ3) is 4.79. The SMILES string of the molecule is C(=C\c1ccccc1)/CN1CCN(CCCCn2c3ccccc3c3ccccc32)CC1. The number of piperazine rings is 1. The van der Waals surface area contributed by atoms with Crippen LogP contribution < -0.4 is 0 Å². The number of rotatable bonds is 8. The summed E-state index contributed by atoms with van der Waals surface area (Å²) in [5.41, 5.74) is 4.02. The molecule has 2 heterocycles. The number of unbranched alkanes of at least 4 members (excludes halogenated alkanes) is 1. The summed E-state index contributed by atoms with van der Waals surface area (Å²) in [6.45, 7) is 8.08. The Bertz CT molecular complexity index is 1110. The van der Waals surface area contributed by atoms with Crippen LogP contribution in [0, 0.1) is 0 Å². The van der Waals surface area contributed by atoms with E-state index in [4.69, 9.17) is 0 Å². The van der Waals surface area contributed by atoms with Crippen molar-refractivity contribution in [1.29, 1.82) is 0 Å². The quantitative estimate of drug-likeness (QED) is 0.327. The topological polar surface area (TPSA) is 11.4 Å². The molecule has 3 heteroatoms. The highest BCUT2D eigenvalue weighted by molar-refractivity contribution is 6.07. The highest BCUT2D eigenvalue weighted by Gasteiger charge is 2.15. The third-order valence-electron chi connectivity index (χ3n) is 6.72. The minimum atomic E-state index is 1.05. The summed E-state index contributed by atoms with van der Waals surface area (Å²) in [4.78, 5) is 5.21. The number of hydrogen-bond acceptors (Lipinski definition) is 2. The molecule has 0 radical (unpaired) electrons. The Balaban J connectivity index is 1.08. The molecule has 0 amide bonds. The number of para-hydroxylation sites is 2. The minimum absolute atomic E-state index is 1.05. The number of hydrogen-bond donors (Lipinski definition) is 0. The van der Waals surface area contributed by atoms with Gasteiger partial charge in [-0.1, -0.05) is 78.9 Å². The fourth-order valence-corrected chi connectivity index (χ4v) is 4.95. The van der Waals surface area contributed by atoms with Gasteiger partial charge in [-0.15, -0.1) is 0 Å². The second-order valence-electron chi connectivity index (χ2n) is 8.85. The standard InChI is InChI=1S/C29H33N3/c1-2-11-25(12-3-1)13-10-19-31-23-21-30(22-24-31)18-8-9-20-32-28-16-6-4-14-26(28)27-15-5-7-17-29(27)32/h1-7,10-17H,8-9,18-24H2/b13-10+. The van der Waals surface area contributed by atoms with E-state index in [1.165, 1.54) is 72.9 Å². The van der Waals surface area contributed by atoms with Gasteiger partial charge in [-0.2, -0.15) is 0 Å². The molecule has 0 aliphatic carbocycles. The fourth-order valence-electron chi connectivity index (χ4n) is 4.95. The zero-order chi connectivity index (χ0) is 21.6. The Morgan fingerprint density at radius 2 is 1.16 bits per heavy atom. The van der Waals surface area contributed by atoms with Crippen molar-refractivity contribution in [3.63, 3.8) is 0 Å². The number of fused-ring (bicyclic) bond motifs is 3. The molecule has 3 nitrogen and oxygen atoms in total. The minimum Gasteiger partial charge on any atom is -0.340 e. The second kappa shape index (κ2) is 10.2. The van der Waals surface area contributed by atoms with Crippen LogP contribution in [-0.2, 0) is 6.54 Å². The second-order valence-corrected chi connectivity index (χ2v) is 8.85. The molecule has 1 saturated heterocycles. The molecule has 0 unspecified atom stereocenters. The van der Waals surface area contributed by atoms with E-state index in [0.717, 1.165) is 13.1 Å². The molecule has 3 aromatic carbocycles. The first kappa shape index (κ1) is 21.0. The normalized spacial score (nSPS) is 15.9. The average molecular weight is 424 g/mol. The largest absolute Gasteiger partial charge is 0.340 e. The maximum absolute atomic E-state index is 2.64. The van der Waals surface area contributed by atoms with E-state index in [9.17, 15) is 0 Å². The summed E-state index contributed by atoms with van der Waals surface area (Å²) in [6, 6.07) is 28.2. The van der Waals surface area contributed by atoms with E-state index in [1.54, 1.807) is 0 Å². The van der Waals surface area contributed by atoms with Crippen LogP contribution in [0.1, 0.15) is 18.4 Å². The lowest BCUT2D eigenvalue weighted by atomic mass is 10.2. The van der Waals surface area contributed by atoms with E-state index in [1.807, 2.05) is 0 Å². The van der Waals surface area contributed by atoms with Gasteiger partial charge in [-0.25, -0.2) is 0 Å². The molecule has 1 aliphatic heterocycles. The Hall–Kier alpha value is -2.88. The Morgan fingerprint density at radius 1 is 0.594 bits per heavy atom. The van der Waals surface area contributed by atoms with Gasteiger partial charge in [0.2, 0.25) is 0 Å². The predicted octanol–water partition coefficient (Wildman–Crippen LogP) is 5.91. The molecular weight excluding hydrogens is 390 g/mol. The molecule has 0 spiro atoms. The van der Waals surface area contributed by atoms with Gasteiger partial charge in [0.1, 0.15) is 0 Å². The van der Waals surface area contributed by atoms with Crippen molar-refractivity contribution < 1.29 is 0 Å². The Morgan fingerprint density at radius 3 is 1.84 bits per heavy atom. The summed E-state index contributed by atoms with van der Waals surface area (Å²) < 4.78 is 2.52. The Kier molecular flexibility index (Phi) is 6.66. The monoisotopic (exact) mass is 423 g/mol. The van der Waals surface area contributed by atoms with Crippen molar-refractivity contribution in [3.8, 4) is 0 Å². The van der Waals surface area contributed by atoms with Crippen molar-refractivity contribution in [3.05, 3.63) is 90.5 Å². The molecule has 0 saturated carbocycles. The maximum atomic E-state index is 2.64. The van der Waals surface area contributed by atoms with Gasteiger partial charge in [-0.3, -0.25) is 4.90 Å². The smallest absolute Gasteiger partial charge is 0.0491 e. The van der Waals surface area contributed by atoms with Gasteiger partial charge in [0.05, 0.1) is 0 Å². The lowest BCUT2D eigenvalue weighted by molar-refractivity contribution is 0.140. The summed E-state index contributed by atoms with van der Waals surface area (Å²) in [6.07, 6.45) is 7.02. The number of aryl methyl sites for hydroxylation is 1. The van der Waals surface area contributed by atoms with Crippen LogP contribution in [0.4, 0.5) is 0 Å². The van der Waals surface area contributed by atoms with E-state index in [-0.39, 0.29) is 0 Å². The maximum Gasteiger partial charge on any atom is 0.0491 e. The van der Waals surface area contributed by atoms with Gasteiger partial charge in [0, 0.05) is 61.1 Å². The van der Waals surface area contributed by atoms with Gasteiger partial charge < -0.3 is 9.47 Å². The first-order valence-electron chi connectivity index (χ1n) is 12.0. The first-order valence-corrected chi connectivity index (χ1v) is 12.0. The molecule has 5 rings (SSSR count). The van der Waals surface area contributed by atoms with Crippen molar-refractivity contribution in [1.82, 2.24) is 14.4 Å². The van der Waals surface area contributed by atoms with Crippen LogP contribution in [-0.4, -0.2) is 53.6 Å². The van der Waals surface area contributed by atoms with Crippen LogP contribution in [0.25, 0.3) is 27.9 Å².